The zero-order valence-corrected chi connectivity index (χ0v) is 18.2. The Bertz CT molecular complexity index is 835. The fraction of sp³-hybridized carbons (Fsp3) is 0.391. The number of hydrogen-bond donors (Lipinski definition) is 2. The molecule has 0 saturated heterocycles. The Morgan fingerprint density at radius 2 is 1.76 bits per heavy atom. The zero-order chi connectivity index (χ0) is 20.6. The molecule has 2 aromatic carbocycles. The Morgan fingerprint density at radius 1 is 1.03 bits per heavy atom. The lowest BCUT2D eigenvalue weighted by atomic mass is 9.88. The maximum absolute atomic E-state index is 12.7. The maximum atomic E-state index is 12.7. The second-order valence-corrected chi connectivity index (χ2v) is 9.08. The summed E-state index contributed by atoms with van der Waals surface area (Å²) in [5.41, 5.74) is 1.52. The molecular weight excluding hydrogens is 404 g/mol. The van der Waals surface area contributed by atoms with Gasteiger partial charge in [0.15, 0.2) is 0 Å². The smallest absolute Gasteiger partial charge is 0.237 e. The van der Waals surface area contributed by atoms with Crippen molar-refractivity contribution in [3.05, 3.63) is 53.6 Å². The van der Waals surface area contributed by atoms with Crippen molar-refractivity contribution in [2.75, 3.05) is 10.6 Å². The molecule has 0 aliphatic heterocycles. The van der Waals surface area contributed by atoms with Crippen molar-refractivity contribution in [3.8, 4) is 0 Å². The number of carbonyl (C=O) groups is 2. The van der Waals surface area contributed by atoms with Gasteiger partial charge in [0.05, 0.1) is 5.25 Å². The number of halogens is 1. The molecule has 1 aliphatic rings. The molecule has 1 fully saturated rings. The minimum atomic E-state index is -0.227. The second kappa shape index (κ2) is 10.7. The first-order valence-corrected chi connectivity index (χ1v) is 11.4. The third-order valence-electron chi connectivity index (χ3n) is 5.13. The molecule has 0 aromatic heterocycles. The highest BCUT2D eigenvalue weighted by Crippen LogP contribution is 2.30. The van der Waals surface area contributed by atoms with Crippen LogP contribution in [0.3, 0.4) is 0 Å². The molecule has 1 atom stereocenters. The molecule has 3 rings (SSSR count). The van der Waals surface area contributed by atoms with Crippen molar-refractivity contribution in [1.29, 1.82) is 0 Å². The molecule has 2 N–H and O–H groups in total. The first-order valence-electron chi connectivity index (χ1n) is 10.2. The van der Waals surface area contributed by atoms with E-state index >= 15 is 0 Å². The number of rotatable bonds is 7. The van der Waals surface area contributed by atoms with E-state index in [-0.39, 0.29) is 23.0 Å². The van der Waals surface area contributed by atoms with E-state index in [1.807, 2.05) is 31.2 Å². The van der Waals surface area contributed by atoms with Crippen LogP contribution < -0.4 is 10.6 Å². The first-order chi connectivity index (χ1) is 14.0. The molecule has 0 heterocycles. The normalized spacial score (nSPS) is 15.5. The van der Waals surface area contributed by atoms with Crippen molar-refractivity contribution in [3.63, 3.8) is 0 Å². The third-order valence-corrected chi connectivity index (χ3v) is 6.74. The minimum Gasteiger partial charge on any atom is -0.326 e. The Hall–Kier alpha value is -1.98. The van der Waals surface area contributed by atoms with Crippen LogP contribution in [0, 0.1) is 5.92 Å². The molecule has 1 saturated carbocycles. The van der Waals surface area contributed by atoms with E-state index in [9.17, 15) is 9.59 Å². The molecular formula is C23H27ClN2O2S. The van der Waals surface area contributed by atoms with Crippen LogP contribution in [0.15, 0.2) is 53.4 Å². The molecule has 1 unspecified atom stereocenters. The Labute approximate surface area is 181 Å². The lowest BCUT2D eigenvalue weighted by Crippen LogP contribution is -2.25. The van der Waals surface area contributed by atoms with Crippen LogP contribution in [0.4, 0.5) is 11.4 Å². The summed E-state index contributed by atoms with van der Waals surface area (Å²) in [6, 6.07) is 14.8. The van der Waals surface area contributed by atoms with Gasteiger partial charge in [-0.25, -0.2) is 0 Å². The van der Waals surface area contributed by atoms with Crippen LogP contribution in [-0.2, 0) is 9.59 Å². The topological polar surface area (TPSA) is 58.2 Å². The van der Waals surface area contributed by atoms with Gasteiger partial charge in [0.1, 0.15) is 0 Å². The summed E-state index contributed by atoms with van der Waals surface area (Å²) >= 11 is 7.41. The molecule has 29 heavy (non-hydrogen) atoms. The first kappa shape index (κ1) is 21.7. The van der Waals surface area contributed by atoms with E-state index in [4.69, 9.17) is 11.6 Å². The minimum absolute atomic E-state index is 0.0449. The largest absolute Gasteiger partial charge is 0.326 e. The molecule has 154 valence electrons. The number of carbonyl (C=O) groups excluding carboxylic acids is 2. The molecule has 1 aliphatic carbocycles. The van der Waals surface area contributed by atoms with Gasteiger partial charge in [-0.05, 0) is 61.7 Å². The van der Waals surface area contributed by atoms with Crippen LogP contribution in [-0.4, -0.2) is 17.1 Å². The van der Waals surface area contributed by atoms with Gasteiger partial charge >= 0.3 is 0 Å². The van der Waals surface area contributed by atoms with Crippen LogP contribution >= 0.6 is 23.4 Å². The number of hydrogen-bond acceptors (Lipinski definition) is 3. The van der Waals surface area contributed by atoms with Crippen LogP contribution in [0.25, 0.3) is 0 Å². The van der Waals surface area contributed by atoms with Gasteiger partial charge < -0.3 is 10.6 Å². The highest BCUT2D eigenvalue weighted by Gasteiger charge is 2.22. The number of nitrogens with one attached hydrogen (secondary N) is 2. The molecule has 2 aromatic rings. The molecule has 0 radical (unpaired) electrons. The van der Waals surface area contributed by atoms with Gasteiger partial charge in [-0.1, -0.05) is 43.9 Å². The van der Waals surface area contributed by atoms with Gasteiger partial charge in [-0.2, -0.15) is 0 Å². The fourth-order valence-corrected chi connectivity index (χ4v) is 4.64. The van der Waals surface area contributed by atoms with Gasteiger partial charge in [0.25, 0.3) is 0 Å². The highest BCUT2D eigenvalue weighted by molar-refractivity contribution is 8.00. The number of amides is 2. The van der Waals surface area contributed by atoms with Crippen molar-refractivity contribution in [2.45, 2.75) is 55.6 Å². The van der Waals surface area contributed by atoms with E-state index in [0.717, 1.165) is 42.0 Å². The van der Waals surface area contributed by atoms with Crippen LogP contribution in [0.1, 0.15) is 45.4 Å². The predicted molar refractivity (Wildman–Crippen MR) is 122 cm³/mol. The molecule has 4 nitrogen and oxygen atoms in total. The maximum Gasteiger partial charge on any atom is 0.237 e. The summed E-state index contributed by atoms with van der Waals surface area (Å²) in [5.74, 6) is 0.185. The van der Waals surface area contributed by atoms with E-state index in [1.165, 1.54) is 18.2 Å². The SMILES string of the molecule is CCC(Sc1cccc(NC(=O)C2CCCCC2)c1)C(=O)Nc1ccc(Cl)cc1. The summed E-state index contributed by atoms with van der Waals surface area (Å²) in [7, 11) is 0. The molecule has 2 amide bonds. The fourth-order valence-electron chi connectivity index (χ4n) is 3.50. The standard InChI is InChI=1S/C23H27ClN2O2S/c1-2-21(23(28)25-18-13-11-17(24)12-14-18)29-20-10-6-9-19(15-20)26-22(27)16-7-4-3-5-8-16/h6,9-16,21H,2-5,7-8H2,1H3,(H,25,28)(H,26,27). The number of benzene rings is 2. The second-order valence-electron chi connectivity index (χ2n) is 7.36. The lowest BCUT2D eigenvalue weighted by Gasteiger charge is -2.21. The van der Waals surface area contributed by atoms with Gasteiger partial charge in [0, 0.05) is 27.2 Å². The third kappa shape index (κ3) is 6.51. The van der Waals surface area contributed by atoms with Crippen molar-refractivity contribution >= 4 is 46.6 Å². The van der Waals surface area contributed by atoms with Gasteiger partial charge in [-0.15, -0.1) is 11.8 Å². The number of thioether (sulfide) groups is 1. The monoisotopic (exact) mass is 430 g/mol. The molecule has 6 heteroatoms. The average Bonchev–Trinajstić information content (AvgIpc) is 2.74. The Morgan fingerprint density at radius 3 is 2.45 bits per heavy atom. The van der Waals surface area contributed by atoms with E-state index in [1.54, 1.807) is 24.3 Å². The van der Waals surface area contributed by atoms with Crippen molar-refractivity contribution in [1.82, 2.24) is 0 Å². The predicted octanol–water partition coefficient (Wildman–Crippen LogP) is 6.37. The van der Waals surface area contributed by atoms with Crippen LogP contribution in [0.5, 0.6) is 0 Å². The van der Waals surface area contributed by atoms with Gasteiger partial charge in [-0.3, -0.25) is 9.59 Å². The number of anilines is 2. The Kier molecular flexibility index (Phi) is 8.01. The highest BCUT2D eigenvalue weighted by atomic mass is 35.5. The lowest BCUT2D eigenvalue weighted by molar-refractivity contribution is -0.120. The summed E-state index contributed by atoms with van der Waals surface area (Å²) in [6.45, 7) is 1.99. The summed E-state index contributed by atoms with van der Waals surface area (Å²) < 4.78 is 0. The zero-order valence-electron chi connectivity index (χ0n) is 16.6. The molecule has 0 spiro atoms. The van der Waals surface area contributed by atoms with E-state index in [0.29, 0.717) is 11.4 Å². The van der Waals surface area contributed by atoms with E-state index < -0.39 is 0 Å². The average molecular weight is 431 g/mol. The summed E-state index contributed by atoms with van der Waals surface area (Å²) in [6.07, 6.45) is 6.14. The van der Waals surface area contributed by atoms with Crippen LogP contribution in [0.2, 0.25) is 5.02 Å². The van der Waals surface area contributed by atoms with Crippen molar-refractivity contribution in [2.24, 2.45) is 5.92 Å². The summed E-state index contributed by atoms with van der Waals surface area (Å²) in [5, 5.41) is 6.40. The quantitative estimate of drug-likeness (QED) is 0.502. The Balaban J connectivity index is 1.60. The van der Waals surface area contributed by atoms with Crippen molar-refractivity contribution < 1.29 is 9.59 Å². The van der Waals surface area contributed by atoms with Gasteiger partial charge in [0.2, 0.25) is 11.8 Å². The molecule has 0 bridgehead atoms. The van der Waals surface area contributed by atoms with E-state index in [2.05, 4.69) is 10.6 Å². The summed E-state index contributed by atoms with van der Waals surface area (Å²) in [4.78, 5) is 26.1.